The Hall–Kier alpha value is -3.21. The first-order chi connectivity index (χ1) is 13.4. The summed E-state index contributed by atoms with van der Waals surface area (Å²) in [5.41, 5.74) is 2.03. The topological polar surface area (TPSA) is 52.6 Å². The molecule has 4 nitrogen and oxygen atoms in total. The molecule has 5 heteroatoms. The van der Waals surface area contributed by atoms with E-state index < -0.39 is 0 Å². The van der Waals surface area contributed by atoms with Crippen LogP contribution in [0.25, 0.3) is 10.8 Å². The molecule has 0 fully saturated rings. The van der Waals surface area contributed by atoms with Crippen LogP contribution in [0.3, 0.4) is 0 Å². The molecule has 0 radical (unpaired) electrons. The SMILES string of the molecule is COC(=O)C(C)c1ccc2c(CC(=O)c3ccc(F)cc3)c(OC)ccc2c1. The van der Waals surface area contributed by atoms with E-state index in [2.05, 4.69) is 0 Å². The first kappa shape index (κ1) is 19.5. The van der Waals surface area contributed by atoms with Gasteiger partial charge in [0, 0.05) is 17.5 Å². The van der Waals surface area contributed by atoms with Crippen molar-refractivity contribution in [2.24, 2.45) is 0 Å². The molecule has 3 aromatic rings. The van der Waals surface area contributed by atoms with Crippen LogP contribution in [0.5, 0.6) is 5.75 Å². The average Bonchev–Trinajstić information content (AvgIpc) is 2.72. The number of methoxy groups -OCH3 is 2. The molecule has 3 aromatic carbocycles. The number of halogens is 1. The van der Waals surface area contributed by atoms with Crippen LogP contribution in [-0.4, -0.2) is 26.0 Å². The zero-order valence-corrected chi connectivity index (χ0v) is 16.0. The lowest BCUT2D eigenvalue weighted by molar-refractivity contribution is -0.141. The van der Waals surface area contributed by atoms with Gasteiger partial charge in [-0.3, -0.25) is 9.59 Å². The molecule has 0 aromatic heterocycles. The van der Waals surface area contributed by atoms with Crippen LogP contribution in [0.2, 0.25) is 0 Å². The Morgan fingerprint density at radius 3 is 2.36 bits per heavy atom. The molecular formula is C23H21FO4. The summed E-state index contributed by atoms with van der Waals surface area (Å²) in [5, 5.41) is 1.77. The van der Waals surface area contributed by atoms with E-state index >= 15 is 0 Å². The molecule has 0 saturated heterocycles. The maximum Gasteiger partial charge on any atom is 0.312 e. The summed E-state index contributed by atoms with van der Waals surface area (Å²) in [6.45, 7) is 1.79. The zero-order valence-electron chi connectivity index (χ0n) is 16.0. The highest BCUT2D eigenvalue weighted by atomic mass is 19.1. The maximum atomic E-state index is 13.1. The third kappa shape index (κ3) is 3.88. The molecule has 28 heavy (non-hydrogen) atoms. The van der Waals surface area contributed by atoms with Crippen molar-refractivity contribution >= 4 is 22.5 Å². The van der Waals surface area contributed by atoms with Crippen molar-refractivity contribution in [3.8, 4) is 5.75 Å². The molecule has 0 heterocycles. The number of rotatable bonds is 6. The van der Waals surface area contributed by atoms with Gasteiger partial charge in [0.25, 0.3) is 0 Å². The Bertz CT molecular complexity index is 1020. The van der Waals surface area contributed by atoms with E-state index in [-0.39, 0.29) is 29.9 Å². The summed E-state index contributed by atoms with van der Waals surface area (Å²) in [4.78, 5) is 24.5. The molecular weight excluding hydrogens is 359 g/mol. The Morgan fingerprint density at radius 2 is 1.71 bits per heavy atom. The molecule has 0 amide bonds. The monoisotopic (exact) mass is 380 g/mol. The third-order valence-corrected chi connectivity index (χ3v) is 4.89. The summed E-state index contributed by atoms with van der Waals surface area (Å²) in [6, 6.07) is 14.9. The molecule has 0 bridgehead atoms. The lowest BCUT2D eigenvalue weighted by Crippen LogP contribution is -2.11. The minimum atomic E-state index is -0.388. The highest BCUT2D eigenvalue weighted by Gasteiger charge is 2.18. The summed E-state index contributed by atoms with van der Waals surface area (Å²) in [6.07, 6.45) is 0.123. The van der Waals surface area contributed by atoms with Gasteiger partial charge in [-0.15, -0.1) is 0 Å². The van der Waals surface area contributed by atoms with Crippen LogP contribution in [0.1, 0.15) is 34.3 Å². The Morgan fingerprint density at radius 1 is 1.00 bits per heavy atom. The minimum Gasteiger partial charge on any atom is -0.496 e. The normalized spacial score (nSPS) is 11.9. The molecule has 0 aliphatic carbocycles. The Kier molecular flexibility index (Phi) is 5.73. The number of esters is 1. The van der Waals surface area contributed by atoms with E-state index in [1.54, 1.807) is 14.0 Å². The fourth-order valence-corrected chi connectivity index (χ4v) is 3.25. The van der Waals surface area contributed by atoms with E-state index in [0.717, 1.165) is 21.9 Å². The van der Waals surface area contributed by atoms with Crippen molar-refractivity contribution in [2.75, 3.05) is 14.2 Å². The molecule has 1 atom stereocenters. The van der Waals surface area contributed by atoms with Crippen LogP contribution in [0.15, 0.2) is 54.6 Å². The minimum absolute atomic E-state index is 0.123. The van der Waals surface area contributed by atoms with E-state index in [4.69, 9.17) is 9.47 Å². The molecule has 0 saturated carbocycles. The molecule has 3 rings (SSSR count). The maximum absolute atomic E-state index is 13.1. The summed E-state index contributed by atoms with van der Waals surface area (Å²) >= 11 is 0. The highest BCUT2D eigenvalue weighted by molar-refractivity contribution is 6.01. The van der Waals surface area contributed by atoms with E-state index in [0.29, 0.717) is 11.3 Å². The van der Waals surface area contributed by atoms with E-state index in [9.17, 15) is 14.0 Å². The van der Waals surface area contributed by atoms with Gasteiger partial charge in [0.15, 0.2) is 5.78 Å². The number of benzene rings is 3. The summed E-state index contributed by atoms with van der Waals surface area (Å²) in [7, 11) is 2.92. The fraction of sp³-hybridized carbons (Fsp3) is 0.217. The second-order valence-electron chi connectivity index (χ2n) is 6.58. The number of carbonyl (C=O) groups is 2. The number of ketones is 1. The second kappa shape index (κ2) is 8.21. The smallest absolute Gasteiger partial charge is 0.312 e. The quantitative estimate of drug-likeness (QED) is 0.460. The third-order valence-electron chi connectivity index (χ3n) is 4.89. The van der Waals surface area contributed by atoms with Crippen molar-refractivity contribution in [2.45, 2.75) is 19.3 Å². The van der Waals surface area contributed by atoms with Crippen LogP contribution in [-0.2, 0) is 16.0 Å². The van der Waals surface area contributed by atoms with Gasteiger partial charge in [-0.2, -0.15) is 0 Å². The van der Waals surface area contributed by atoms with Gasteiger partial charge in [-0.1, -0.05) is 24.3 Å². The standard InChI is InChI=1S/C23H21FO4/c1-14(23(26)28-3)16-6-10-19-17(12-16)7-11-22(27-2)20(19)13-21(25)15-4-8-18(24)9-5-15/h4-12,14H,13H2,1-3H3. The Labute approximate surface area is 162 Å². The number of Topliss-reactive ketones (excluding diaryl/α,β-unsaturated/α-hetero) is 1. The molecule has 0 aliphatic rings. The number of ether oxygens (including phenoxy) is 2. The molecule has 1 unspecified atom stereocenters. The summed E-state index contributed by atoms with van der Waals surface area (Å²) < 4.78 is 23.4. The number of hydrogen-bond acceptors (Lipinski definition) is 4. The van der Waals surface area contributed by atoms with E-state index in [1.165, 1.54) is 31.4 Å². The lowest BCUT2D eigenvalue weighted by Gasteiger charge is -2.15. The summed E-state index contributed by atoms with van der Waals surface area (Å²) in [5.74, 6) is -0.596. The molecule has 144 valence electrons. The van der Waals surface area contributed by atoms with Gasteiger partial charge in [-0.05, 0) is 53.6 Å². The number of carbonyl (C=O) groups excluding carboxylic acids is 2. The highest BCUT2D eigenvalue weighted by Crippen LogP contribution is 2.31. The van der Waals surface area contributed by atoms with Crippen molar-refractivity contribution in [3.05, 3.63) is 77.1 Å². The number of fused-ring (bicyclic) bond motifs is 1. The lowest BCUT2D eigenvalue weighted by atomic mass is 9.93. The van der Waals surface area contributed by atoms with E-state index in [1.807, 2.05) is 30.3 Å². The van der Waals surface area contributed by atoms with Crippen LogP contribution < -0.4 is 4.74 Å². The molecule has 0 N–H and O–H groups in total. The predicted octanol–water partition coefficient (Wildman–Crippen LogP) is 4.69. The molecule has 0 aliphatic heterocycles. The fourth-order valence-electron chi connectivity index (χ4n) is 3.25. The van der Waals surface area contributed by atoms with Crippen molar-refractivity contribution in [1.82, 2.24) is 0 Å². The van der Waals surface area contributed by atoms with Crippen LogP contribution in [0, 0.1) is 5.82 Å². The van der Waals surface area contributed by atoms with Gasteiger partial charge in [0.05, 0.1) is 20.1 Å². The van der Waals surface area contributed by atoms with Crippen LogP contribution in [0.4, 0.5) is 4.39 Å². The van der Waals surface area contributed by atoms with Gasteiger partial charge in [-0.25, -0.2) is 4.39 Å². The van der Waals surface area contributed by atoms with Gasteiger partial charge in [0.1, 0.15) is 11.6 Å². The van der Waals surface area contributed by atoms with Crippen molar-refractivity contribution in [1.29, 1.82) is 0 Å². The van der Waals surface area contributed by atoms with Crippen molar-refractivity contribution in [3.63, 3.8) is 0 Å². The number of hydrogen-bond donors (Lipinski definition) is 0. The van der Waals surface area contributed by atoms with Crippen molar-refractivity contribution < 1.29 is 23.5 Å². The van der Waals surface area contributed by atoms with Crippen LogP contribution >= 0.6 is 0 Å². The van der Waals surface area contributed by atoms with Gasteiger partial charge >= 0.3 is 5.97 Å². The Balaban J connectivity index is 2.01. The van der Waals surface area contributed by atoms with Gasteiger partial charge < -0.3 is 9.47 Å². The molecule has 0 spiro atoms. The first-order valence-electron chi connectivity index (χ1n) is 8.90. The predicted molar refractivity (Wildman–Crippen MR) is 105 cm³/mol. The zero-order chi connectivity index (χ0) is 20.3. The average molecular weight is 380 g/mol. The second-order valence-corrected chi connectivity index (χ2v) is 6.58. The largest absolute Gasteiger partial charge is 0.496 e. The first-order valence-corrected chi connectivity index (χ1v) is 8.90. The van der Waals surface area contributed by atoms with Gasteiger partial charge in [0.2, 0.25) is 0 Å².